The first-order chi connectivity index (χ1) is 9.08. The molecular weight excluding hydrogens is 326 g/mol. The standard InChI is InChI=1S/C13H8Cl4N2/c14-10-5-4-9(6-12(10)16)19-18-7-8-2-1-3-11(15)13(8)17/h1-7,19H/b18-7+. The van der Waals surface area contributed by atoms with Gasteiger partial charge in [0.1, 0.15) is 0 Å². The highest BCUT2D eigenvalue weighted by Crippen LogP contribution is 2.26. The Morgan fingerprint density at radius 3 is 2.42 bits per heavy atom. The molecule has 2 nitrogen and oxygen atoms in total. The number of halogens is 4. The van der Waals surface area contributed by atoms with Gasteiger partial charge in [0.15, 0.2) is 0 Å². The average Bonchev–Trinajstić information content (AvgIpc) is 2.39. The van der Waals surface area contributed by atoms with Gasteiger partial charge in [0, 0.05) is 5.56 Å². The fourth-order valence-electron chi connectivity index (χ4n) is 1.36. The Kier molecular flexibility index (Phi) is 4.94. The molecule has 0 spiro atoms. The zero-order valence-corrected chi connectivity index (χ0v) is 12.5. The lowest BCUT2D eigenvalue weighted by molar-refractivity contribution is 1.35. The van der Waals surface area contributed by atoms with E-state index in [9.17, 15) is 0 Å². The van der Waals surface area contributed by atoms with E-state index in [1.54, 1.807) is 36.5 Å². The monoisotopic (exact) mass is 332 g/mol. The Morgan fingerprint density at radius 1 is 0.895 bits per heavy atom. The molecule has 6 heteroatoms. The van der Waals surface area contributed by atoms with Crippen LogP contribution in [0.3, 0.4) is 0 Å². The summed E-state index contributed by atoms with van der Waals surface area (Å²) in [6.07, 6.45) is 1.58. The second-order valence-electron chi connectivity index (χ2n) is 3.64. The van der Waals surface area contributed by atoms with Crippen LogP contribution in [0.2, 0.25) is 20.1 Å². The number of hydrogen-bond donors (Lipinski definition) is 1. The second kappa shape index (κ2) is 6.49. The van der Waals surface area contributed by atoms with Crippen molar-refractivity contribution in [3.63, 3.8) is 0 Å². The quantitative estimate of drug-likeness (QED) is 0.561. The van der Waals surface area contributed by atoms with Gasteiger partial charge < -0.3 is 0 Å². The van der Waals surface area contributed by atoms with Gasteiger partial charge in [0.2, 0.25) is 0 Å². The van der Waals surface area contributed by atoms with Gasteiger partial charge in [-0.05, 0) is 24.3 Å². The summed E-state index contributed by atoms with van der Waals surface area (Å²) in [5.74, 6) is 0. The molecular formula is C13H8Cl4N2. The maximum absolute atomic E-state index is 6.03. The van der Waals surface area contributed by atoms with E-state index >= 15 is 0 Å². The van der Waals surface area contributed by atoms with Crippen molar-refractivity contribution in [2.24, 2.45) is 5.10 Å². The Bertz CT molecular complexity index is 626. The number of hydrazone groups is 1. The molecule has 0 amide bonds. The normalized spacial score (nSPS) is 10.9. The molecule has 0 saturated heterocycles. The minimum absolute atomic E-state index is 0.461. The molecule has 0 aliphatic carbocycles. The zero-order chi connectivity index (χ0) is 13.8. The van der Waals surface area contributed by atoms with Crippen molar-refractivity contribution in [3.05, 3.63) is 62.1 Å². The van der Waals surface area contributed by atoms with Crippen LogP contribution < -0.4 is 5.43 Å². The highest BCUT2D eigenvalue weighted by molar-refractivity contribution is 6.43. The van der Waals surface area contributed by atoms with Crippen molar-refractivity contribution < 1.29 is 0 Å². The van der Waals surface area contributed by atoms with Gasteiger partial charge in [-0.25, -0.2) is 0 Å². The largest absolute Gasteiger partial charge is 0.278 e. The predicted octanol–water partition coefficient (Wildman–Crippen LogP) is 5.75. The van der Waals surface area contributed by atoms with Crippen LogP contribution in [0.15, 0.2) is 41.5 Å². The zero-order valence-electron chi connectivity index (χ0n) is 9.50. The van der Waals surface area contributed by atoms with Crippen molar-refractivity contribution >= 4 is 58.3 Å². The predicted molar refractivity (Wildman–Crippen MR) is 84.1 cm³/mol. The van der Waals surface area contributed by atoms with E-state index in [0.717, 1.165) is 11.3 Å². The average molecular weight is 334 g/mol. The van der Waals surface area contributed by atoms with Crippen LogP contribution in [0.1, 0.15) is 5.56 Å². The lowest BCUT2D eigenvalue weighted by Crippen LogP contribution is -1.91. The summed E-state index contributed by atoms with van der Waals surface area (Å²) in [5, 5.41) is 5.97. The lowest BCUT2D eigenvalue weighted by Gasteiger charge is -2.03. The summed E-state index contributed by atoms with van der Waals surface area (Å²) in [5.41, 5.74) is 4.28. The first-order valence-corrected chi connectivity index (χ1v) is 6.77. The molecule has 1 N–H and O–H groups in total. The third kappa shape index (κ3) is 3.77. The third-order valence-corrected chi connectivity index (χ3v) is 3.87. The van der Waals surface area contributed by atoms with Crippen LogP contribution in [0, 0.1) is 0 Å². The molecule has 0 aromatic heterocycles. The van der Waals surface area contributed by atoms with E-state index in [2.05, 4.69) is 10.5 Å². The maximum Gasteiger partial charge on any atom is 0.0680 e. The van der Waals surface area contributed by atoms with E-state index in [4.69, 9.17) is 46.4 Å². The first kappa shape index (κ1) is 14.5. The number of rotatable bonds is 3. The van der Waals surface area contributed by atoms with Crippen molar-refractivity contribution in [1.82, 2.24) is 0 Å². The summed E-state index contributed by atoms with van der Waals surface area (Å²) in [7, 11) is 0. The molecule has 0 heterocycles. The molecule has 0 atom stereocenters. The molecule has 0 unspecified atom stereocenters. The SMILES string of the molecule is Clc1ccc(N/N=C/c2cccc(Cl)c2Cl)cc1Cl. The minimum Gasteiger partial charge on any atom is -0.278 e. The van der Waals surface area contributed by atoms with E-state index in [1.807, 2.05) is 6.07 Å². The van der Waals surface area contributed by atoms with E-state index in [-0.39, 0.29) is 0 Å². The van der Waals surface area contributed by atoms with E-state index in [0.29, 0.717) is 20.1 Å². The highest BCUT2D eigenvalue weighted by atomic mass is 35.5. The van der Waals surface area contributed by atoms with Gasteiger partial charge in [-0.2, -0.15) is 5.10 Å². The van der Waals surface area contributed by atoms with Crippen molar-refractivity contribution in [3.8, 4) is 0 Å². The van der Waals surface area contributed by atoms with Crippen LogP contribution in [0.25, 0.3) is 0 Å². The molecule has 0 aliphatic heterocycles. The molecule has 0 saturated carbocycles. The fourth-order valence-corrected chi connectivity index (χ4v) is 2.02. The number of nitrogens with zero attached hydrogens (tertiary/aromatic N) is 1. The molecule has 19 heavy (non-hydrogen) atoms. The number of anilines is 1. The Hall–Kier alpha value is -0.930. The summed E-state index contributed by atoms with van der Waals surface area (Å²) < 4.78 is 0. The smallest absolute Gasteiger partial charge is 0.0680 e. The summed E-state index contributed by atoms with van der Waals surface area (Å²) in [6, 6.07) is 10.5. The fraction of sp³-hybridized carbons (Fsp3) is 0. The van der Waals surface area contributed by atoms with Crippen LogP contribution in [0.5, 0.6) is 0 Å². The van der Waals surface area contributed by atoms with Crippen LogP contribution in [-0.2, 0) is 0 Å². The summed E-state index contributed by atoms with van der Waals surface area (Å²) in [6.45, 7) is 0. The highest BCUT2D eigenvalue weighted by Gasteiger charge is 2.01. The van der Waals surface area contributed by atoms with Crippen LogP contribution in [-0.4, -0.2) is 6.21 Å². The van der Waals surface area contributed by atoms with Gasteiger partial charge in [-0.1, -0.05) is 58.5 Å². The van der Waals surface area contributed by atoms with Gasteiger partial charge in [0.05, 0.1) is 32.0 Å². The molecule has 2 rings (SSSR count). The van der Waals surface area contributed by atoms with Crippen LogP contribution >= 0.6 is 46.4 Å². The summed E-state index contributed by atoms with van der Waals surface area (Å²) >= 11 is 23.6. The van der Waals surface area contributed by atoms with Gasteiger partial charge in [-0.15, -0.1) is 0 Å². The Morgan fingerprint density at radius 2 is 1.68 bits per heavy atom. The third-order valence-electron chi connectivity index (χ3n) is 2.30. The summed E-state index contributed by atoms with van der Waals surface area (Å²) in [4.78, 5) is 0. The number of hydrogen-bond acceptors (Lipinski definition) is 2. The van der Waals surface area contributed by atoms with Gasteiger partial charge in [-0.3, -0.25) is 5.43 Å². The second-order valence-corrected chi connectivity index (χ2v) is 5.24. The van der Waals surface area contributed by atoms with Crippen molar-refractivity contribution in [2.75, 3.05) is 5.43 Å². The lowest BCUT2D eigenvalue weighted by atomic mass is 10.2. The Labute approximate surface area is 130 Å². The number of benzene rings is 2. The van der Waals surface area contributed by atoms with E-state index < -0.39 is 0 Å². The molecule has 0 radical (unpaired) electrons. The molecule has 0 aliphatic rings. The molecule has 0 fully saturated rings. The van der Waals surface area contributed by atoms with Gasteiger partial charge in [0.25, 0.3) is 0 Å². The van der Waals surface area contributed by atoms with Crippen LogP contribution in [0.4, 0.5) is 5.69 Å². The molecule has 2 aromatic carbocycles. The first-order valence-electron chi connectivity index (χ1n) is 5.26. The topological polar surface area (TPSA) is 24.4 Å². The van der Waals surface area contributed by atoms with Crippen molar-refractivity contribution in [2.45, 2.75) is 0 Å². The van der Waals surface area contributed by atoms with Crippen molar-refractivity contribution in [1.29, 1.82) is 0 Å². The Balaban J connectivity index is 2.11. The minimum atomic E-state index is 0.461. The molecule has 0 bridgehead atoms. The van der Waals surface area contributed by atoms with E-state index in [1.165, 1.54) is 0 Å². The number of nitrogens with one attached hydrogen (secondary N) is 1. The maximum atomic E-state index is 6.03. The molecule has 2 aromatic rings. The molecule has 98 valence electrons. The van der Waals surface area contributed by atoms with Gasteiger partial charge >= 0.3 is 0 Å².